The van der Waals surface area contributed by atoms with Crippen LogP contribution in [0.25, 0.3) is 0 Å². The van der Waals surface area contributed by atoms with Crippen LogP contribution in [-0.4, -0.2) is 78.4 Å². The molecule has 218 valence electrons. The van der Waals surface area contributed by atoms with E-state index in [9.17, 15) is 14.4 Å². The van der Waals surface area contributed by atoms with E-state index in [-0.39, 0.29) is 65.1 Å². The molecular formula is C29H43BrN2O7. The van der Waals surface area contributed by atoms with Gasteiger partial charge >= 0.3 is 5.97 Å². The van der Waals surface area contributed by atoms with Gasteiger partial charge in [0.05, 0.1) is 48.0 Å². The molecule has 3 heterocycles. The highest BCUT2D eigenvalue weighted by molar-refractivity contribution is 9.09. The quantitative estimate of drug-likeness (QED) is 0.121. The maximum absolute atomic E-state index is 12.3. The molecule has 0 aromatic rings. The van der Waals surface area contributed by atoms with Gasteiger partial charge in [-0.25, -0.2) is 0 Å². The molecule has 9 nitrogen and oxygen atoms in total. The maximum atomic E-state index is 12.3. The average molecular weight is 612 g/mol. The van der Waals surface area contributed by atoms with Crippen molar-refractivity contribution in [3.8, 4) is 0 Å². The van der Waals surface area contributed by atoms with Gasteiger partial charge in [0.15, 0.2) is 0 Å². The molecule has 3 saturated heterocycles. The fraction of sp³-hybridized carbons (Fsp3) is 0.690. The first-order valence-electron chi connectivity index (χ1n) is 13.8. The third-order valence-electron chi connectivity index (χ3n) is 7.40. The first-order chi connectivity index (χ1) is 18.5. The molecule has 0 bridgehead atoms. The van der Waals surface area contributed by atoms with Gasteiger partial charge in [-0.2, -0.15) is 0 Å². The van der Waals surface area contributed by atoms with Gasteiger partial charge in [0.2, 0.25) is 11.8 Å². The van der Waals surface area contributed by atoms with Gasteiger partial charge in [-0.05, 0) is 45.6 Å². The van der Waals surface area contributed by atoms with Crippen LogP contribution in [0.5, 0.6) is 0 Å². The molecule has 0 radical (unpaired) electrons. The number of carbonyl (C=O) groups excluding carboxylic acids is 3. The van der Waals surface area contributed by atoms with Crippen molar-refractivity contribution in [3.05, 3.63) is 36.0 Å². The van der Waals surface area contributed by atoms with Gasteiger partial charge in [0, 0.05) is 32.4 Å². The number of ether oxygens (including phenoxy) is 4. The first-order valence-corrected chi connectivity index (χ1v) is 14.9. The monoisotopic (exact) mass is 610 g/mol. The zero-order chi connectivity index (χ0) is 28.6. The smallest absolute Gasteiger partial charge is 0.303 e. The van der Waals surface area contributed by atoms with Gasteiger partial charge in [0.1, 0.15) is 6.10 Å². The number of hydrogen-bond donors (Lipinski definition) is 2. The number of hydrogen-bond acceptors (Lipinski definition) is 7. The summed E-state index contributed by atoms with van der Waals surface area (Å²) in [4.78, 5) is 35.0. The Hall–Kier alpha value is -2.01. The van der Waals surface area contributed by atoms with Crippen molar-refractivity contribution in [1.82, 2.24) is 10.6 Å². The van der Waals surface area contributed by atoms with Crippen molar-refractivity contribution in [2.45, 2.75) is 102 Å². The number of esters is 1. The summed E-state index contributed by atoms with van der Waals surface area (Å²) < 4.78 is 23.2. The summed E-state index contributed by atoms with van der Waals surface area (Å²) in [5, 5.41) is 6.18. The van der Waals surface area contributed by atoms with Crippen LogP contribution in [0.1, 0.15) is 60.3 Å². The maximum Gasteiger partial charge on any atom is 0.303 e. The van der Waals surface area contributed by atoms with E-state index < -0.39 is 6.10 Å². The van der Waals surface area contributed by atoms with Crippen LogP contribution < -0.4 is 10.6 Å². The Labute approximate surface area is 240 Å². The first kappa shape index (κ1) is 31.5. The van der Waals surface area contributed by atoms with E-state index in [2.05, 4.69) is 58.6 Å². The van der Waals surface area contributed by atoms with E-state index >= 15 is 0 Å². The van der Waals surface area contributed by atoms with Crippen LogP contribution in [0.2, 0.25) is 0 Å². The van der Waals surface area contributed by atoms with E-state index in [1.807, 2.05) is 6.92 Å². The lowest BCUT2D eigenvalue weighted by molar-refractivity contribution is -0.143. The van der Waals surface area contributed by atoms with Crippen LogP contribution in [0, 0.1) is 5.92 Å². The fourth-order valence-corrected chi connectivity index (χ4v) is 5.35. The third kappa shape index (κ3) is 10.5. The summed E-state index contributed by atoms with van der Waals surface area (Å²) in [6.45, 7) is 10.5. The molecular weight excluding hydrogens is 568 g/mol. The molecule has 3 aliphatic rings. The molecule has 10 heteroatoms. The Balaban J connectivity index is 1.46. The Bertz CT molecular complexity index is 961. The van der Waals surface area contributed by atoms with E-state index in [0.29, 0.717) is 6.54 Å². The lowest BCUT2D eigenvalue weighted by atomic mass is 9.88. The number of amides is 2. The highest BCUT2D eigenvalue weighted by atomic mass is 79.9. The Morgan fingerprint density at radius 3 is 2.56 bits per heavy atom. The molecule has 8 unspecified atom stereocenters. The average Bonchev–Trinajstić information content (AvgIpc) is 3.62. The van der Waals surface area contributed by atoms with Gasteiger partial charge in [0.25, 0.3) is 0 Å². The van der Waals surface area contributed by atoms with Crippen molar-refractivity contribution in [2.75, 3.05) is 18.5 Å². The third-order valence-corrected chi connectivity index (χ3v) is 7.91. The number of allylic oxidation sites excluding steroid dienone is 2. The standard InChI is InChI=1S/C29H43BrN2O7/c1-18(6-9-23-13-29(17-36-29)14-24(39-23)16-31-28(35)15-30)7-10-26-19(2)12-25(21(4)38-26)32-27(34)11-8-20(3)37-22(5)33/h6-9,11,19-21,23-26H,10,12-17H2,1-5H3,(H,31,35)(H,32,34). The van der Waals surface area contributed by atoms with E-state index in [0.717, 1.165) is 37.9 Å². The molecule has 2 N–H and O–H groups in total. The van der Waals surface area contributed by atoms with Crippen molar-refractivity contribution in [3.63, 3.8) is 0 Å². The molecule has 39 heavy (non-hydrogen) atoms. The second kappa shape index (κ2) is 14.6. The second-order valence-corrected chi connectivity index (χ2v) is 11.6. The second-order valence-electron chi connectivity index (χ2n) is 11.0. The van der Waals surface area contributed by atoms with Crippen LogP contribution in [-0.2, 0) is 33.3 Å². The Morgan fingerprint density at radius 1 is 1.15 bits per heavy atom. The zero-order valence-corrected chi connectivity index (χ0v) is 25.2. The van der Waals surface area contributed by atoms with E-state index in [1.54, 1.807) is 13.0 Å². The van der Waals surface area contributed by atoms with Crippen molar-refractivity contribution >= 4 is 33.7 Å². The van der Waals surface area contributed by atoms with Gasteiger partial charge in [-0.3, -0.25) is 14.4 Å². The number of alkyl halides is 1. The summed E-state index contributed by atoms with van der Waals surface area (Å²) >= 11 is 3.17. The summed E-state index contributed by atoms with van der Waals surface area (Å²) in [5.41, 5.74) is 1.02. The minimum atomic E-state index is -0.457. The molecule has 0 aromatic heterocycles. The fourth-order valence-electron chi connectivity index (χ4n) is 5.15. The predicted octanol–water partition coefficient (Wildman–Crippen LogP) is 3.51. The zero-order valence-electron chi connectivity index (χ0n) is 23.6. The summed E-state index contributed by atoms with van der Waals surface area (Å²) in [6.07, 6.45) is 11.9. The normalized spacial score (nSPS) is 33.7. The number of rotatable bonds is 11. The number of carbonyl (C=O) groups is 3. The van der Waals surface area contributed by atoms with Crippen LogP contribution in [0.3, 0.4) is 0 Å². The number of epoxide rings is 1. The molecule has 0 aromatic carbocycles. The molecule has 2 amide bonds. The molecule has 1 spiro atoms. The van der Waals surface area contributed by atoms with Crippen LogP contribution in [0.15, 0.2) is 36.0 Å². The highest BCUT2D eigenvalue weighted by Crippen LogP contribution is 2.42. The Morgan fingerprint density at radius 2 is 1.90 bits per heavy atom. The van der Waals surface area contributed by atoms with Crippen LogP contribution >= 0.6 is 15.9 Å². The molecule has 3 fully saturated rings. The lowest BCUT2D eigenvalue weighted by Gasteiger charge is -2.39. The molecule has 8 atom stereocenters. The van der Waals surface area contributed by atoms with Gasteiger partial charge in [-0.15, -0.1) is 0 Å². The summed E-state index contributed by atoms with van der Waals surface area (Å²) in [6, 6.07) is -0.0879. The SMILES string of the molecule is CC(=O)OC(C)C=CC(=O)NC1CC(C)C(CC=C(C)C=CC2CC3(CO3)CC(CNC(=O)CBr)O2)OC1C. The summed E-state index contributed by atoms with van der Waals surface area (Å²) in [7, 11) is 0. The van der Waals surface area contributed by atoms with Crippen molar-refractivity contribution < 1.29 is 33.3 Å². The van der Waals surface area contributed by atoms with Crippen LogP contribution in [0.4, 0.5) is 0 Å². The lowest BCUT2D eigenvalue weighted by Crippen LogP contribution is -2.50. The number of nitrogens with one attached hydrogen (secondary N) is 2. The van der Waals surface area contributed by atoms with Crippen molar-refractivity contribution in [2.24, 2.45) is 5.92 Å². The molecule has 0 aliphatic carbocycles. The predicted molar refractivity (Wildman–Crippen MR) is 151 cm³/mol. The minimum absolute atomic E-state index is 0.0503. The van der Waals surface area contributed by atoms with E-state index in [1.165, 1.54) is 13.0 Å². The summed E-state index contributed by atoms with van der Waals surface area (Å²) in [5.74, 6) is -0.387. The largest absolute Gasteiger partial charge is 0.459 e. The molecule has 0 saturated carbocycles. The number of halogens is 1. The van der Waals surface area contributed by atoms with Crippen molar-refractivity contribution in [1.29, 1.82) is 0 Å². The Kier molecular flexibility index (Phi) is 11.8. The van der Waals surface area contributed by atoms with Gasteiger partial charge < -0.3 is 29.6 Å². The minimum Gasteiger partial charge on any atom is -0.459 e. The molecule has 3 rings (SSSR count). The topological polar surface area (TPSA) is 115 Å². The van der Waals surface area contributed by atoms with E-state index in [4.69, 9.17) is 18.9 Å². The highest BCUT2D eigenvalue weighted by Gasteiger charge is 2.51. The molecule has 3 aliphatic heterocycles. The van der Waals surface area contributed by atoms with Gasteiger partial charge in [-0.1, -0.05) is 46.7 Å².